The van der Waals surface area contributed by atoms with Gasteiger partial charge in [0.2, 0.25) is 5.82 Å². The molecule has 2 aromatic carbocycles. The van der Waals surface area contributed by atoms with Gasteiger partial charge in [0.15, 0.2) is 0 Å². The molecule has 0 N–H and O–H groups in total. The van der Waals surface area contributed by atoms with Gasteiger partial charge in [0.25, 0.3) is 11.7 Å². The van der Waals surface area contributed by atoms with Gasteiger partial charge in [0.05, 0.1) is 5.56 Å². The number of rotatable bonds is 3. The number of aromatic nitrogens is 4. The minimum absolute atomic E-state index is 0.110. The van der Waals surface area contributed by atoms with E-state index in [1.165, 1.54) is 12.1 Å². The number of benzene rings is 2. The molecular formula is C21H14BrFN4O2. The molecule has 0 aliphatic heterocycles. The van der Waals surface area contributed by atoms with E-state index in [4.69, 9.17) is 4.52 Å². The van der Waals surface area contributed by atoms with Crippen molar-refractivity contribution in [2.24, 2.45) is 14.1 Å². The third-order valence-electron chi connectivity index (χ3n) is 5.01. The molecule has 29 heavy (non-hydrogen) atoms. The molecule has 0 radical (unpaired) electrons. The number of aryl methyl sites for hydroxylation is 2. The molecule has 3 aromatic heterocycles. The molecule has 0 atom stereocenters. The summed E-state index contributed by atoms with van der Waals surface area (Å²) in [6, 6.07) is 10.2. The topological polar surface area (TPSA) is 65.8 Å². The first kappa shape index (κ1) is 17.8. The van der Waals surface area contributed by atoms with Crippen molar-refractivity contribution in [2.75, 3.05) is 0 Å². The maximum atomic E-state index is 13.7. The van der Waals surface area contributed by atoms with Crippen LogP contribution in [0.25, 0.3) is 33.2 Å². The molecule has 0 saturated heterocycles. The van der Waals surface area contributed by atoms with Gasteiger partial charge in [-0.05, 0) is 36.4 Å². The molecule has 5 rings (SSSR count). The highest BCUT2D eigenvalue weighted by molar-refractivity contribution is 9.10. The lowest BCUT2D eigenvalue weighted by Gasteiger charge is -1.96. The molecule has 0 amide bonds. The molecule has 144 valence electrons. The largest absolute Gasteiger partial charge is 0.350 e. The standard InChI is InChI=1S/C21H14BrFN4O2/c1-26-9-15(13-7-11(22)3-5-17(13)26)19(28)21-24-20(25-29-21)16-10-27(2)18-6-4-12(23)8-14(16)18/h3-10H,1-2H3. The summed E-state index contributed by atoms with van der Waals surface area (Å²) >= 11 is 3.44. The van der Waals surface area contributed by atoms with Crippen molar-refractivity contribution < 1.29 is 13.7 Å². The third-order valence-corrected chi connectivity index (χ3v) is 5.50. The van der Waals surface area contributed by atoms with Gasteiger partial charge in [-0.15, -0.1) is 0 Å². The number of fused-ring (bicyclic) bond motifs is 2. The number of hydrogen-bond donors (Lipinski definition) is 0. The zero-order valence-electron chi connectivity index (χ0n) is 15.5. The lowest BCUT2D eigenvalue weighted by atomic mass is 10.1. The number of halogens is 2. The first-order valence-corrected chi connectivity index (χ1v) is 9.59. The highest BCUT2D eigenvalue weighted by Crippen LogP contribution is 2.30. The normalized spacial score (nSPS) is 11.6. The van der Waals surface area contributed by atoms with E-state index in [-0.39, 0.29) is 23.3 Å². The minimum Gasteiger partial charge on any atom is -0.350 e. The van der Waals surface area contributed by atoms with Crippen LogP contribution in [-0.2, 0) is 14.1 Å². The summed E-state index contributed by atoms with van der Waals surface area (Å²) in [4.78, 5) is 17.4. The molecule has 3 heterocycles. The monoisotopic (exact) mass is 452 g/mol. The van der Waals surface area contributed by atoms with Crippen LogP contribution in [0, 0.1) is 5.82 Å². The van der Waals surface area contributed by atoms with Crippen LogP contribution in [0.15, 0.2) is 57.8 Å². The quantitative estimate of drug-likeness (QED) is 0.367. The van der Waals surface area contributed by atoms with Crippen molar-refractivity contribution in [1.29, 1.82) is 0 Å². The second-order valence-corrected chi connectivity index (χ2v) is 7.80. The van der Waals surface area contributed by atoms with Crippen molar-refractivity contribution in [3.63, 3.8) is 0 Å². The van der Waals surface area contributed by atoms with Crippen molar-refractivity contribution in [3.05, 3.63) is 70.5 Å². The third kappa shape index (κ3) is 2.79. The van der Waals surface area contributed by atoms with Gasteiger partial charge in [-0.2, -0.15) is 4.98 Å². The maximum absolute atomic E-state index is 13.7. The summed E-state index contributed by atoms with van der Waals surface area (Å²) in [7, 11) is 3.72. The number of nitrogens with zero attached hydrogens (tertiary/aromatic N) is 4. The van der Waals surface area contributed by atoms with E-state index in [9.17, 15) is 9.18 Å². The fourth-order valence-electron chi connectivity index (χ4n) is 3.63. The lowest BCUT2D eigenvalue weighted by molar-refractivity contribution is 0.0995. The van der Waals surface area contributed by atoms with Crippen LogP contribution in [0.3, 0.4) is 0 Å². The predicted molar refractivity (Wildman–Crippen MR) is 110 cm³/mol. The Morgan fingerprint density at radius 2 is 1.76 bits per heavy atom. The summed E-state index contributed by atoms with van der Waals surface area (Å²) in [5.74, 6) is -0.586. The van der Waals surface area contributed by atoms with Crippen LogP contribution in [0.5, 0.6) is 0 Å². The molecule has 0 spiro atoms. The minimum atomic E-state index is -0.362. The van der Waals surface area contributed by atoms with Gasteiger partial charge in [-0.1, -0.05) is 21.1 Å². The van der Waals surface area contributed by atoms with E-state index in [1.807, 2.05) is 41.4 Å². The molecule has 6 nitrogen and oxygen atoms in total. The Morgan fingerprint density at radius 1 is 1.03 bits per heavy atom. The molecule has 8 heteroatoms. The zero-order valence-corrected chi connectivity index (χ0v) is 17.1. The van der Waals surface area contributed by atoms with Gasteiger partial charge in [-0.3, -0.25) is 4.79 Å². The maximum Gasteiger partial charge on any atom is 0.299 e. The van der Waals surface area contributed by atoms with Crippen LogP contribution in [0.4, 0.5) is 4.39 Å². The smallest absolute Gasteiger partial charge is 0.299 e. The molecule has 0 aliphatic rings. The molecule has 0 saturated carbocycles. The Morgan fingerprint density at radius 3 is 2.59 bits per heavy atom. The van der Waals surface area contributed by atoms with E-state index in [2.05, 4.69) is 26.1 Å². The van der Waals surface area contributed by atoms with Gasteiger partial charge in [0.1, 0.15) is 5.82 Å². The number of ketones is 1. The van der Waals surface area contributed by atoms with E-state index >= 15 is 0 Å². The summed E-state index contributed by atoms with van der Waals surface area (Å²) in [5, 5.41) is 5.42. The molecule has 0 bridgehead atoms. The van der Waals surface area contributed by atoms with Gasteiger partial charge in [-0.25, -0.2) is 4.39 Å². The van der Waals surface area contributed by atoms with Gasteiger partial charge in [0, 0.05) is 58.3 Å². The van der Waals surface area contributed by atoms with Gasteiger partial charge < -0.3 is 13.7 Å². The SMILES string of the molecule is Cn1cc(C(=O)c2nc(-c3cn(C)c4ccc(F)cc34)no2)c2cc(Br)ccc21. The highest BCUT2D eigenvalue weighted by Gasteiger charge is 2.23. The first-order valence-electron chi connectivity index (χ1n) is 8.80. The Labute approximate surface area is 172 Å². The van der Waals surface area contributed by atoms with E-state index < -0.39 is 0 Å². The fraction of sp³-hybridized carbons (Fsp3) is 0.0952. The Balaban J connectivity index is 1.60. The first-order chi connectivity index (χ1) is 13.9. The summed E-state index contributed by atoms with van der Waals surface area (Å²) in [6.45, 7) is 0. The van der Waals surface area contributed by atoms with Crippen LogP contribution in [-0.4, -0.2) is 25.1 Å². The van der Waals surface area contributed by atoms with E-state index in [0.717, 1.165) is 20.9 Å². The van der Waals surface area contributed by atoms with Crippen molar-refractivity contribution in [3.8, 4) is 11.4 Å². The number of carbonyl (C=O) groups is 1. The summed E-state index contributed by atoms with van der Waals surface area (Å²) in [6.07, 6.45) is 3.54. The van der Waals surface area contributed by atoms with Crippen LogP contribution in [0.2, 0.25) is 0 Å². The molecule has 5 aromatic rings. The van der Waals surface area contributed by atoms with Crippen molar-refractivity contribution in [2.45, 2.75) is 0 Å². The predicted octanol–water partition coefficient (Wildman–Crippen LogP) is 4.85. The Bertz CT molecular complexity index is 1430. The lowest BCUT2D eigenvalue weighted by Crippen LogP contribution is -2.01. The number of hydrogen-bond acceptors (Lipinski definition) is 4. The van der Waals surface area contributed by atoms with Crippen LogP contribution >= 0.6 is 15.9 Å². The average Bonchev–Trinajstić information content (AvgIpc) is 3.38. The van der Waals surface area contributed by atoms with Crippen molar-refractivity contribution >= 4 is 43.5 Å². The fourth-order valence-corrected chi connectivity index (χ4v) is 3.99. The average molecular weight is 453 g/mol. The molecule has 0 unspecified atom stereocenters. The summed E-state index contributed by atoms with van der Waals surface area (Å²) in [5.41, 5.74) is 2.83. The van der Waals surface area contributed by atoms with E-state index in [1.54, 1.807) is 18.5 Å². The number of carbonyl (C=O) groups excluding carboxylic acids is 1. The van der Waals surface area contributed by atoms with Crippen LogP contribution < -0.4 is 0 Å². The molecule has 0 aliphatic carbocycles. The second-order valence-electron chi connectivity index (χ2n) is 6.88. The molecular weight excluding hydrogens is 439 g/mol. The zero-order chi connectivity index (χ0) is 20.3. The Hall–Kier alpha value is -3.26. The van der Waals surface area contributed by atoms with Gasteiger partial charge >= 0.3 is 0 Å². The van der Waals surface area contributed by atoms with E-state index in [0.29, 0.717) is 16.5 Å². The van der Waals surface area contributed by atoms with Crippen LogP contribution in [0.1, 0.15) is 16.2 Å². The Kier molecular flexibility index (Phi) is 3.92. The second kappa shape index (κ2) is 6.38. The van der Waals surface area contributed by atoms with Crippen molar-refractivity contribution in [1.82, 2.24) is 19.3 Å². The summed E-state index contributed by atoms with van der Waals surface area (Å²) < 4.78 is 23.6. The molecule has 0 fully saturated rings. The highest BCUT2D eigenvalue weighted by atomic mass is 79.9.